The predicted molar refractivity (Wildman–Crippen MR) is 65.7 cm³/mol. The SMILES string of the molecule is c1cc(NCC2CCNC2)cc(C2CC2)n1. The molecule has 3 nitrogen and oxygen atoms in total. The van der Waals surface area contributed by atoms with Gasteiger partial charge in [0.15, 0.2) is 0 Å². The summed E-state index contributed by atoms with van der Waals surface area (Å²) in [6.07, 6.45) is 5.88. The van der Waals surface area contributed by atoms with Crippen LogP contribution in [0.25, 0.3) is 0 Å². The van der Waals surface area contributed by atoms with Crippen molar-refractivity contribution in [2.75, 3.05) is 25.0 Å². The third-order valence-corrected chi connectivity index (χ3v) is 3.53. The first-order chi connectivity index (χ1) is 7.92. The van der Waals surface area contributed by atoms with Gasteiger partial charge in [0.25, 0.3) is 0 Å². The molecular formula is C13H19N3. The molecule has 1 aliphatic heterocycles. The van der Waals surface area contributed by atoms with E-state index in [1.165, 1.54) is 37.2 Å². The van der Waals surface area contributed by atoms with E-state index in [2.05, 4.69) is 27.8 Å². The van der Waals surface area contributed by atoms with Crippen molar-refractivity contribution in [2.45, 2.75) is 25.2 Å². The molecule has 0 radical (unpaired) electrons. The van der Waals surface area contributed by atoms with Crippen LogP contribution in [0.2, 0.25) is 0 Å². The smallest absolute Gasteiger partial charge is 0.0455 e. The van der Waals surface area contributed by atoms with E-state index < -0.39 is 0 Å². The van der Waals surface area contributed by atoms with Gasteiger partial charge in [-0.05, 0) is 50.4 Å². The molecule has 16 heavy (non-hydrogen) atoms. The molecule has 3 rings (SSSR count). The summed E-state index contributed by atoms with van der Waals surface area (Å²) in [4.78, 5) is 4.43. The Morgan fingerprint density at radius 3 is 3.06 bits per heavy atom. The Morgan fingerprint density at radius 2 is 2.31 bits per heavy atom. The lowest BCUT2D eigenvalue weighted by atomic mass is 10.1. The molecule has 0 aromatic carbocycles. The fourth-order valence-corrected chi connectivity index (χ4v) is 2.31. The zero-order chi connectivity index (χ0) is 10.8. The maximum atomic E-state index is 4.43. The van der Waals surface area contributed by atoms with Crippen LogP contribution in [0, 0.1) is 5.92 Å². The van der Waals surface area contributed by atoms with Gasteiger partial charge in [-0.3, -0.25) is 4.98 Å². The maximum Gasteiger partial charge on any atom is 0.0455 e. The summed E-state index contributed by atoms with van der Waals surface area (Å²) in [5.41, 5.74) is 2.51. The summed E-state index contributed by atoms with van der Waals surface area (Å²) in [5, 5.41) is 6.93. The topological polar surface area (TPSA) is 37.0 Å². The lowest BCUT2D eigenvalue weighted by Crippen LogP contribution is -2.17. The molecule has 1 atom stereocenters. The number of pyridine rings is 1. The van der Waals surface area contributed by atoms with Gasteiger partial charge in [-0.2, -0.15) is 0 Å². The summed E-state index contributed by atoms with van der Waals surface area (Å²) in [6.45, 7) is 3.42. The third kappa shape index (κ3) is 2.35. The molecule has 1 unspecified atom stereocenters. The predicted octanol–water partition coefficient (Wildman–Crippen LogP) is 1.98. The molecule has 2 aliphatic rings. The minimum Gasteiger partial charge on any atom is -0.385 e. The van der Waals surface area contributed by atoms with Crippen LogP contribution < -0.4 is 10.6 Å². The highest BCUT2D eigenvalue weighted by atomic mass is 14.9. The Balaban J connectivity index is 1.58. The summed E-state index contributed by atoms with van der Waals surface area (Å²) in [5.74, 6) is 1.53. The van der Waals surface area contributed by atoms with Crippen LogP contribution in [0.15, 0.2) is 18.3 Å². The van der Waals surface area contributed by atoms with Crippen molar-refractivity contribution in [2.24, 2.45) is 5.92 Å². The number of anilines is 1. The van der Waals surface area contributed by atoms with Gasteiger partial charge in [0.1, 0.15) is 0 Å². The minimum atomic E-state index is 0.745. The molecule has 0 amide bonds. The van der Waals surface area contributed by atoms with Crippen LogP contribution in [-0.4, -0.2) is 24.6 Å². The molecule has 1 aliphatic carbocycles. The summed E-state index contributed by atoms with van der Waals surface area (Å²) in [7, 11) is 0. The molecule has 86 valence electrons. The highest BCUT2D eigenvalue weighted by molar-refractivity contribution is 5.44. The number of nitrogens with zero attached hydrogens (tertiary/aromatic N) is 1. The Morgan fingerprint density at radius 1 is 1.38 bits per heavy atom. The van der Waals surface area contributed by atoms with Crippen molar-refractivity contribution in [3.8, 4) is 0 Å². The normalized spacial score (nSPS) is 24.6. The Kier molecular flexibility index (Phi) is 2.79. The van der Waals surface area contributed by atoms with E-state index in [9.17, 15) is 0 Å². The van der Waals surface area contributed by atoms with Crippen LogP contribution >= 0.6 is 0 Å². The summed E-state index contributed by atoms with van der Waals surface area (Å²) < 4.78 is 0. The fourth-order valence-electron chi connectivity index (χ4n) is 2.31. The lowest BCUT2D eigenvalue weighted by molar-refractivity contribution is 0.615. The van der Waals surface area contributed by atoms with E-state index in [4.69, 9.17) is 0 Å². The van der Waals surface area contributed by atoms with E-state index in [1.54, 1.807) is 0 Å². The van der Waals surface area contributed by atoms with Crippen molar-refractivity contribution in [3.63, 3.8) is 0 Å². The van der Waals surface area contributed by atoms with Gasteiger partial charge in [-0.1, -0.05) is 0 Å². The van der Waals surface area contributed by atoms with Gasteiger partial charge in [-0.15, -0.1) is 0 Å². The molecule has 0 bridgehead atoms. The lowest BCUT2D eigenvalue weighted by Gasteiger charge is -2.11. The number of hydrogen-bond donors (Lipinski definition) is 2. The third-order valence-electron chi connectivity index (χ3n) is 3.53. The Labute approximate surface area is 96.7 Å². The highest BCUT2D eigenvalue weighted by Crippen LogP contribution is 2.39. The monoisotopic (exact) mass is 217 g/mol. The zero-order valence-electron chi connectivity index (χ0n) is 9.58. The number of nitrogens with one attached hydrogen (secondary N) is 2. The fraction of sp³-hybridized carbons (Fsp3) is 0.615. The summed E-state index contributed by atoms with van der Waals surface area (Å²) in [6, 6.07) is 4.30. The standard InChI is InChI=1S/C13H19N3/c1-2-11(1)13-7-12(4-6-15-13)16-9-10-3-5-14-8-10/h4,6-7,10-11,14H,1-3,5,8-9H2,(H,15,16). The van der Waals surface area contributed by atoms with E-state index >= 15 is 0 Å². The van der Waals surface area contributed by atoms with E-state index in [0.717, 1.165) is 24.9 Å². The molecule has 1 aromatic rings. The molecule has 1 saturated carbocycles. The Hall–Kier alpha value is -1.09. The van der Waals surface area contributed by atoms with Crippen molar-refractivity contribution in [3.05, 3.63) is 24.0 Å². The van der Waals surface area contributed by atoms with Crippen LogP contribution in [0.4, 0.5) is 5.69 Å². The van der Waals surface area contributed by atoms with Gasteiger partial charge >= 0.3 is 0 Å². The second kappa shape index (κ2) is 4.42. The quantitative estimate of drug-likeness (QED) is 0.809. The average Bonchev–Trinajstić information content (AvgIpc) is 3.05. The number of hydrogen-bond acceptors (Lipinski definition) is 3. The Bertz CT molecular complexity index is 354. The first-order valence-corrected chi connectivity index (χ1v) is 6.32. The molecule has 2 N–H and O–H groups in total. The second-order valence-corrected chi connectivity index (χ2v) is 4.98. The van der Waals surface area contributed by atoms with Gasteiger partial charge in [-0.25, -0.2) is 0 Å². The van der Waals surface area contributed by atoms with E-state index in [-0.39, 0.29) is 0 Å². The molecule has 0 spiro atoms. The van der Waals surface area contributed by atoms with Gasteiger partial charge in [0, 0.05) is 30.0 Å². The molecule has 3 heteroatoms. The molecular weight excluding hydrogens is 198 g/mol. The second-order valence-electron chi connectivity index (χ2n) is 4.98. The van der Waals surface area contributed by atoms with Gasteiger partial charge < -0.3 is 10.6 Å². The van der Waals surface area contributed by atoms with Gasteiger partial charge in [0.2, 0.25) is 0 Å². The maximum absolute atomic E-state index is 4.43. The first-order valence-electron chi connectivity index (χ1n) is 6.32. The van der Waals surface area contributed by atoms with Crippen LogP contribution in [0.3, 0.4) is 0 Å². The number of aromatic nitrogens is 1. The zero-order valence-corrected chi connectivity index (χ0v) is 9.58. The first kappa shape index (κ1) is 10.1. The largest absolute Gasteiger partial charge is 0.385 e. The molecule has 2 fully saturated rings. The summed E-state index contributed by atoms with van der Waals surface area (Å²) >= 11 is 0. The van der Waals surface area contributed by atoms with E-state index in [0.29, 0.717) is 0 Å². The highest BCUT2D eigenvalue weighted by Gasteiger charge is 2.24. The van der Waals surface area contributed by atoms with Crippen LogP contribution in [0.1, 0.15) is 30.9 Å². The number of rotatable bonds is 4. The van der Waals surface area contributed by atoms with E-state index in [1.807, 2.05) is 6.20 Å². The van der Waals surface area contributed by atoms with Crippen molar-refractivity contribution < 1.29 is 0 Å². The van der Waals surface area contributed by atoms with Crippen molar-refractivity contribution >= 4 is 5.69 Å². The van der Waals surface area contributed by atoms with Crippen molar-refractivity contribution in [1.82, 2.24) is 10.3 Å². The van der Waals surface area contributed by atoms with Crippen LogP contribution in [-0.2, 0) is 0 Å². The molecule has 1 saturated heterocycles. The average molecular weight is 217 g/mol. The molecule has 1 aromatic heterocycles. The minimum absolute atomic E-state index is 0.745. The molecule has 2 heterocycles. The van der Waals surface area contributed by atoms with Crippen molar-refractivity contribution in [1.29, 1.82) is 0 Å². The van der Waals surface area contributed by atoms with Crippen LogP contribution in [0.5, 0.6) is 0 Å². The van der Waals surface area contributed by atoms with Gasteiger partial charge in [0.05, 0.1) is 0 Å².